The number of carbonyl (C=O) groups excluding carboxylic acids is 1. The molecule has 1 aliphatic rings. The van der Waals surface area contributed by atoms with Crippen molar-refractivity contribution in [3.05, 3.63) is 66.1 Å². The fourth-order valence-electron chi connectivity index (χ4n) is 3.70. The molecule has 1 fully saturated rings. The Morgan fingerprint density at radius 1 is 1.19 bits per heavy atom. The summed E-state index contributed by atoms with van der Waals surface area (Å²) in [6.45, 7) is 2.35. The lowest BCUT2D eigenvalue weighted by Gasteiger charge is -2.30. The van der Waals surface area contributed by atoms with Gasteiger partial charge in [-0.2, -0.15) is 4.98 Å². The van der Waals surface area contributed by atoms with Gasteiger partial charge in [-0.1, -0.05) is 17.3 Å². The first kappa shape index (κ1) is 21.9. The van der Waals surface area contributed by atoms with E-state index in [9.17, 15) is 13.6 Å². The average molecular weight is 442 g/mol. The van der Waals surface area contributed by atoms with Crippen molar-refractivity contribution in [1.82, 2.24) is 20.4 Å². The molecule has 32 heavy (non-hydrogen) atoms. The van der Waals surface area contributed by atoms with E-state index < -0.39 is 0 Å². The van der Waals surface area contributed by atoms with Gasteiger partial charge in [0, 0.05) is 12.1 Å². The molecule has 168 valence electrons. The minimum Gasteiger partial charge on any atom is -0.492 e. The zero-order valence-corrected chi connectivity index (χ0v) is 17.5. The highest BCUT2D eigenvalue weighted by molar-refractivity contribution is 5.78. The fourth-order valence-corrected chi connectivity index (χ4v) is 3.70. The Kier molecular flexibility index (Phi) is 7.06. The van der Waals surface area contributed by atoms with Crippen molar-refractivity contribution in [1.29, 1.82) is 0 Å². The third-order valence-electron chi connectivity index (χ3n) is 5.25. The van der Waals surface area contributed by atoms with E-state index in [1.165, 1.54) is 24.3 Å². The van der Waals surface area contributed by atoms with E-state index in [-0.39, 0.29) is 30.0 Å². The number of nitrogens with zero attached hydrogens (tertiary/aromatic N) is 3. The Hall–Kier alpha value is -3.33. The molecule has 3 aromatic rings. The summed E-state index contributed by atoms with van der Waals surface area (Å²) in [4.78, 5) is 18.8. The van der Waals surface area contributed by atoms with E-state index in [0.717, 1.165) is 19.4 Å². The second-order valence-corrected chi connectivity index (χ2v) is 7.69. The van der Waals surface area contributed by atoms with E-state index in [0.29, 0.717) is 42.7 Å². The number of halogens is 2. The minimum atomic E-state index is -0.355. The number of piperidine rings is 1. The van der Waals surface area contributed by atoms with E-state index in [1.807, 2.05) is 0 Å². The molecule has 1 aromatic heterocycles. The van der Waals surface area contributed by atoms with Gasteiger partial charge < -0.3 is 14.6 Å². The van der Waals surface area contributed by atoms with Crippen molar-refractivity contribution < 1.29 is 22.8 Å². The van der Waals surface area contributed by atoms with E-state index in [4.69, 9.17) is 9.26 Å². The maximum absolute atomic E-state index is 13.4. The largest absolute Gasteiger partial charge is 0.492 e. The van der Waals surface area contributed by atoms with Gasteiger partial charge in [0.1, 0.15) is 24.0 Å². The van der Waals surface area contributed by atoms with E-state index in [1.54, 1.807) is 24.3 Å². The third kappa shape index (κ3) is 5.88. The van der Waals surface area contributed by atoms with Gasteiger partial charge in [-0.05, 0) is 55.8 Å². The molecule has 9 heteroatoms. The van der Waals surface area contributed by atoms with Crippen molar-refractivity contribution in [2.75, 3.05) is 32.8 Å². The number of carbonyl (C=O) groups is 1. The molecule has 0 radical (unpaired) electrons. The van der Waals surface area contributed by atoms with Crippen molar-refractivity contribution in [2.45, 2.75) is 18.8 Å². The molecule has 2 aromatic carbocycles. The van der Waals surface area contributed by atoms with Gasteiger partial charge in [0.05, 0.1) is 19.0 Å². The zero-order chi connectivity index (χ0) is 22.3. The maximum atomic E-state index is 13.4. The van der Waals surface area contributed by atoms with Crippen LogP contribution in [0.2, 0.25) is 0 Å². The molecule has 0 spiro atoms. The Bertz CT molecular complexity index is 1040. The second-order valence-electron chi connectivity index (χ2n) is 7.69. The van der Waals surface area contributed by atoms with Crippen LogP contribution in [-0.2, 0) is 4.79 Å². The first-order valence-electron chi connectivity index (χ1n) is 10.5. The lowest BCUT2D eigenvalue weighted by Crippen LogP contribution is -2.42. The first-order valence-corrected chi connectivity index (χ1v) is 10.5. The molecule has 0 aliphatic carbocycles. The zero-order valence-electron chi connectivity index (χ0n) is 17.5. The number of aromatic nitrogens is 2. The van der Waals surface area contributed by atoms with Crippen LogP contribution in [0.1, 0.15) is 24.7 Å². The highest BCUT2D eigenvalue weighted by atomic mass is 19.1. The van der Waals surface area contributed by atoms with Crippen LogP contribution in [-0.4, -0.2) is 53.7 Å². The van der Waals surface area contributed by atoms with Crippen molar-refractivity contribution in [2.24, 2.45) is 0 Å². The smallest absolute Gasteiger partial charge is 0.234 e. The number of hydrogen-bond acceptors (Lipinski definition) is 6. The summed E-state index contributed by atoms with van der Waals surface area (Å²) >= 11 is 0. The van der Waals surface area contributed by atoms with Crippen molar-refractivity contribution in [3.63, 3.8) is 0 Å². The Morgan fingerprint density at radius 3 is 2.84 bits per heavy atom. The highest BCUT2D eigenvalue weighted by Crippen LogP contribution is 2.27. The summed E-state index contributed by atoms with van der Waals surface area (Å²) in [6.07, 6.45) is 1.79. The maximum Gasteiger partial charge on any atom is 0.234 e. The quantitative estimate of drug-likeness (QED) is 0.539. The Labute approximate surface area is 184 Å². The highest BCUT2D eigenvalue weighted by Gasteiger charge is 2.27. The number of amides is 1. The molecule has 4 rings (SSSR count). The topological polar surface area (TPSA) is 80.5 Å². The van der Waals surface area contributed by atoms with Crippen molar-refractivity contribution in [3.8, 4) is 17.1 Å². The van der Waals surface area contributed by atoms with Crippen LogP contribution >= 0.6 is 0 Å². The van der Waals surface area contributed by atoms with Gasteiger partial charge in [-0.15, -0.1) is 0 Å². The van der Waals surface area contributed by atoms with Crippen LogP contribution in [0.4, 0.5) is 8.78 Å². The summed E-state index contributed by atoms with van der Waals surface area (Å²) in [5, 5.41) is 6.81. The molecule has 2 heterocycles. The van der Waals surface area contributed by atoms with Gasteiger partial charge >= 0.3 is 0 Å². The van der Waals surface area contributed by atoms with Crippen LogP contribution in [0.25, 0.3) is 11.4 Å². The third-order valence-corrected chi connectivity index (χ3v) is 5.25. The van der Waals surface area contributed by atoms with E-state index in [2.05, 4.69) is 20.4 Å². The molecule has 1 unspecified atom stereocenters. The number of benzene rings is 2. The molecule has 7 nitrogen and oxygen atoms in total. The molecule has 1 atom stereocenters. The lowest BCUT2D eigenvalue weighted by molar-refractivity contribution is -0.122. The van der Waals surface area contributed by atoms with Gasteiger partial charge in [-0.25, -0.2) is 8.78 Å². The Balaban J connectivity index is 1.23. The van der Waals surface area contributed by atoms with Crippen LogP contribution in [0.3, 0.4) is 0 Å². The summed E-state index contributed by atoms with van der Waals surface area (Å²) in [5.41, 5.74) is 0.565. The molecule has 0 bridgehead atoms. The molecular formula is C23H24F2N4O3. The molecule has 1 amide bonds. The number of hydrogen-bond donors (Lipinski definition) is 1. The number of likely N-dealkylation sites (tertiary alicyclic amines) is 1. The standard InChI is InChI=1S/C23H24F2N4O3/c24-18-6-8-20(9-7-18)31-12-10-26-21(30)15-29-11-2-4-17(14-29)23-27-22(28-32-23)16-3-1-5-19(25)13-16/h1,3,5-9,13,17H,2,4,10-12,14-15H2,(H,26,30). The predicted octanol–water partition coefficient (Wildman–Crippen LogP) is 3.39. The SMILES string of the molecule is O=C(CN1CCCC(c2nc(-c3cccc(F)c3)no2)C1)NCCOc1ccc(F)cc1. The summed E-state index contributed by atoms with van der Waals surface area (Å²) in [6, 6.07) is 11.8. The summed E-state index contributed by atoms with van der Waals surface area (Å²) in [5.74, 6) is 0.657. The normalized spacial score (nSPS) is 16.6. The van der Waals surface area contributed by atoms with Crippen LogP contribution < -0.4 is 10.1 Å². The average Bonchev–Trinajstić information content (AvgIpc) is 3.29. The summed E-state index contributed by atoms with van der Waals surface area (Å²) in [7, 11) is 0. The molecule has 1 aliphatic heterocycles. The van der Waals surface area contributed by atoms with Crippen LogP contribution in [0.15, 0.2) is 53.1 Å². The van der Waals surface area contributed by atoms with Gasteiger partial charge in [-0.3, -0.25) is 9.69 Å². The number of rotatable bonds is 8. The number of nitrogens with one attached hydrogen (secondary N) is 1. The number of ether oxygens (including phenoxy) is 1. The second kappa shape index (κ2) is 10.3. The van der Waals surface area contributed by atoms with E-state index >= 15 is 0 Å². The van der Waals surface area contributed by atoms with Crippen molar-refractivity contribution >= 4 is 5.91 Å². The summed E-state index contributed by atoms with van der Waals surface area (Å²) < 4.78 is 37.2. The van der Waals surface area contributed by atoms with Gasteiger partial charge in [0.25, 0.3) is 0 Å². The monoisotopic (exact) mass is 442 g/mol. The predicted molar refractivity (Wildman–Crippen MR) is 113 cm³/mol. The minimum absolute atomic E-state index is 0.0215. The van der Waals surface area contributed by atoms with Crippen LogP contribution in [0.5, 0.6) is 5.75 Å². The first-order chi connectivity index (χ1) is 15.6. The lowest BCUT2D eigenvalue weighted by atomic mass is 9.98. The Morgan fingerprint density at radius 2 is 2.03 bits per heavy atom. The molecule has 1 saturated heterocycles. The van der Waals surface area contributed by atoms with Gasteiger partial charge in [0.15, 0.2) is 0 Å². The van der Waals surface area contributed by atoms with Crippen LogP contribution in [0, 0.1) is 11.6 Å². The molecule has 1 N–H and O–H groups in total. The van der Waals surface area contributed by atoms with Gasteiger partial charge in [0.2, 0.25) is 17.6 Å². The molecular weight excluding hydrogens is 418 g/mol. The molecule has 0 saturated carbocycles. The fraction of sp³-hybridized carbons (Fsp3) is 0.348.